The molecule has 74 valence electrons. The summed E-state index contributed by atoms with van der Waals surface area (Å²) >= 11 is 0. The average Bonchev–Trinajstić information content (AvgIpc) is 2.15. The normalized spacial score (nSPS) is 13.6. The third-order valence-electron chi connectivity index (χ3n) is 2.16. The second-order valence-corrected chi connectivity index (χ2v) is 3.24. The van der Waals surface area contributed by atoms with Gasteiger partial charge in [0.2, 0.25) is 0 Å². The highest BCUT2D eigenvalue weighted by molar-refractivity contribution is 5.31. The molecule has 0 aromatic rings. The minimum absolute atomic E-state index is 0.999. The molecule has 0 unspecified atom stereocenters. The number of hydrogen-bond acceptors (Lipinski definition) is 1. The van der Waals surface area contributed by atoms with E-state index in [1.54, 1.807) is 0 Å². The molecule has 0 aromatic carbocycles. The molecule has 0 saturated heterocycles. The zero-order chi connectivity index (χ0) is 10.3. The summed E-state index contributed by atoms with van der Waals surface area (Å²) in [6, 6.07) is 0. The molecule has 0 saturated carbocycles. The Labute approximate surface area is 82.4 Å². The molecule has 0 aliphatic heterocycles. The molecular formula is C12H21N. The van der Waals surface area contributed by atoms with Crippen LogP contribution in [0.25, 0.3) is 0 Å². The summed E-state index contributed by atoms with van der Waals surface area (Å²) in [7, 11) is 2.12. The van der Waals surface area contributed by atoms with Gasteiger partial charge in [0, 0.05) is 6.54 Å². The fourth-order valence-corrected chi connectivity index (χ4v) is 1.04. The highest BCUT2D eigenvalue weighted by atomic mass is 15.1. The number of rotatable bonds is 5. The molecular weight excluding hydrogens is 158 g/mol. The van der Waals surface area contributed by atoms with E-state index in [0.717, 1.165) is 13.1 Å². The van der Waals surface area contributed by atoms with E-state index in [2.05, 4.69) is 44.5 Å². The Bertz CT molecular complexity index is 211. The molecule has 13 heavy (non-hydrogen) atoms. The van der Waals surface area contributed by atoms with Gasteiger partial charge in [-0.1, -0.05) is 31.7 Å². The zero-order valence-corrected chi connectivity index (χ0v) is 9.30. The van der Waals surface area contributed by atoms with Crippen LogP contribution in [0.5, 0.6) is 0 Å². The predicted molar refractivity (Wildman–Crippen MR) is 60.9 cm³/mol. The molecule has 0 radical (unpaired) electrons. The van der Waals surface area contributed by atoms with Crippen LogP contribution in [0, 0.1) is 0 Å². The molecule has 0 spiro atoms. The molecule has 1 nitrogen and oxygen atoms in total. The summed E-state index contributed by atoms with van der Waals surface area (Å²) in [6.45, 7) is 12.2. The Kier molecular flexibility index (Phi) is 6.25. The molecule has 0 atom stereocenters. The van der Waals surface area contributed by atoms with Crippen molar-refractivity contribution in [2.45, 2.75) is 20.8 Å². The largest absolute Gasteiger partial charge is 0.302 e. The quantitative estimate of drug-likeness (QED) is 0.586. The molecule has 0 aromatic heterocycles. The number of nitrogens with zero attached hydrogens (tertiary/aromatic N) is 1. The maximum absolute atomic E-state index is 3.79. The minimum atomic E-state index is 0.999. The lowest BCUT2D eigenvalue weighted by atomic mass is 10.1. The average molecular weight is 179 g/mol. The van der Waals surface area contributed by atoms with Crippen molar-refractivity contribution in [3.63, 3.8) is 0 Å². The van der Waals surface area contributed by atoms with Crippen LogP contribution >= 0.6 is 0 Å². The van der Waals surface area contributed by atoms with E-state index in [4.69, 9.17) is 0 Å². The Morgan fingerprint density at radius 1 is 1.46 bits per heavy atom. The van der Waals surface area contributed by atoms with Gasteiger partial charge in [-0.05, 0) is 38.6 Å². The first-order valence-corrected chi connectivity index (χ1v) is 4.79. The second-order valence-electron chi connectivity index (χ2n) is 3.24. The highest BCUT2D eigenvalue weighted by Gasteiger charge is 1.99. The predicted octanol–water partition coefficient (Wildman–Crippen LogP) is 3.02. The number of allylic oxidation sites excluding steroid dienone is 3. The van der Waals surface area contributed by atoms with Crippen molar-refractivity contribution in [3.05, 3.63) is 36.0 Å². The van der Waals surface area contributed by atoms with Gasteiger partial charge in [-0.15, -0.1) is 0 Å². The summed E-state index contributed by atoms with van der Waals surface area (Å²) in [6.07, 6.45) is 6.15. The lowest BCUT2D eigenvalue weighted by Gasteiger charge is -2.15. The Morgan fingerprint density at radius 2 is 2.08 bits per heavy atom. The van der Waals surface area contributed by atoms with Crippen LogP contribution in [0.4, 0.5) is 0 Å². The molecule has 0 heterocycles. The maximum Gasteiger partial charge on any atom is 0.0233 e. The molecule has 0 bridgehead atoms. The van der Waals surface area contributed by atoms with Crippen LogP contribution in [0.1, 0.15) is 20.8 Å². The highest BCUT2D eigenvalue weighted by Crippen LogP contribution is 2.08. The van der Waals surface area contributed by atoms with Crippen molar-refractivity contribution in [1.82, 2.24) is 4.90 Å². The van der Waals surface area contributed by atoms with Gasteiger partial charge in [0.1, 0.15) is 0 Å². The fraction of sp³-hybridized carbons (Fsp3) is 0.500. The van der Waals surface area contributed by atoms with E-state index < -0.39 is 0 Å². The summed E-state index contributed by atoms with van der Waals surface area (Å²) in [4.78, 5) is 2.28. The van der Waals surface area contributed by atoms with Gasteiger partial charge in [0.15, 0.2) is 0 Å². The first-order valence-electron chi connectivity index (χ1n) is 4.79. The van der Waals surface area contributed by atoms with Crippen LogP contribution in [-0.4, -0.2) is 25.0 Å². The summed E-state index contributed by atoms with van der Waals surface area (Å²) in [5.41, 5.74) is 2.61. The minimum Gasteiger partial charge on any atom is -0.302 e. The van der Waals surface area contributed by atoms with Gasteiger partial charge >= 0.3 is 0 Å². The topological polar surface area (TPSA) is 3.24 Å². The number of hydrogen-bond donors (Lipinski definition) is 0. The van der Waals surface area contributed by atoms with Gasteiger partial charge in [-0.2, -0.15) is 0 Å². The molecule has 0 aliphatic rings. The first kappa shape index (κ1) is 12.2. The summed E-state index contributed by atoms with van der Waals surface area (Å²) in [5, 5.41) is 0. The summed E-state index contributed by atoms with van der Waals surface area (Å²) < 4.78 is 0. The van der Waals surface area contributed by atoms with Gasteiger partial charge in [-0.3, -0.25) is 0 Å². The van der Waals surface area contributed by atoms with Gasteiger partial charge in [0.05, 0.1) is 0 Å². The van der Waals surface area contributed by atoms with E-state index in [9.17, 15) is 0 Å². The molecule has 0 fully saturated rings. The molecule has 0 aliphatic carbocycles. The van der Waals surface area contributed by atoms with E-state index in [0.29, 0.717) is 0 Å². The standard InChI is InChI=1S/C12H21N/c1-6-9-12(11(4)7-2)10-13(5)8-3/h6-7,9H,2,8,10H2,1,3-5H3/b9-6-,12-11+. The zero-order valence-electron chi connectivity index (χ0n) is 9.30. The molecule has 0 N–H and O–H groups in total. The SMILES string of the molecule is C=C/C(C)=C(\C=C/C)CN(C)CC. The van der Waals surface area contributed by atoms with E-state index in [1.807, 2.05) is 13.0 Å². The smallest absolute Gasteiger partial charge is 0.0233 e. The second kappa shape index (κ2) is 6.67. The van der Waals surface area contributed by atoms with Crippen molar-refractivity contribution in [1.29, 1.82) is 0 Å². The van der Waals surface area contributed by atoms with Crippen LogP contribution in [0.15, 0.2) is 36.0 Å². The Hall–Kier alpha value is -0.820. The molecule has 1 heteroatoms. The van der Waals surface area contributed by atoms with Crippen LogP contribution in [0.2, 0.25) is 0 Å². The van der Waals surface area contributed by atoms with Crippen LogP contribution < -0.4 is 0 Å². The monoisotopic (exact) mass is 179 g/mol. The third-order valence-corrected chi connectivity index (χ3v) is 2.16. The van der Waals surface area contributed by atoms with E-state index in [1.165, 1.54) is 11.1 Å². The van der Waals surface area contributed by atoms with E-state index >= 15 is 0 Å². The van der Waals surface area contributed by atoms with Crippen molar-refractivity contribution in [2.24, 2.45) is 0 Å². The van der Waals surface area contributed by atoms with Gasteiger partial charge in [0.25, 0.3) is 0 Å². The van der Waals surface area contributed by atoms with E-state index in [-0.39, 0.29) is 0 Å². The van der Waals surface area contributed by atoms with Crippen molar-refractivity contribution in [2.75, 3.05) is 20.1 Å². The Balaban J connectivity index is 4.53. The van der Waals surface area contributed by atoms with Crippen LogP contribution in [-0.2, 0) is 0 Å². The molecule has 0 rings (SSSR count). The van der Waals surface area contributed by atoms with Gasteiger partial charge in [-0.25, -0.2) is 0 Å². The van der Waals surface area contributed by atoms with Crippen molar-refractivity contribution >= 4 is 0 Å². The molecule has 0 amide bonds. The van der Waals surface area contributed by atoms with Gasteiger partial charge < -0.3 is 4.90 Å². The summed E-state index contributed by atoms with van der Waals surface area (Å²) in [5.74, 6) is 0. The van der Waals surface area contributed by atoms with Crippen molar-refractivity contribution in [3.8, 4) is 0 Å². The lowest BCUT2D eigenvalue weighted by molar-refractivity contribution is 0.385. The number of likely N-dealkylation sites (N-methyl/N-ethyl adjacent to an activating group) is 1. The lowest BCUT2D eigenvalue weighted by Crippen LogP contribution is -2.20. The third kappa shape index (κ3) is 4.69. The Morgan fingerprint density at radius 3 is 2.46 bits per heavy atom. The fourth-order valence-electron chi connectivity index (χ4n) is 1.04. The first-order chi connectivity index (χ1) is 6.15. The van der Waals surface area contributed by atoms with Crippen LogP contribution in [0.3, 0.4) is 0 Å². The van der Waals surface area contributed by atoms with Crippen molar-refractivity contribution < 1.29 is 0 Å². The maximum atomic E-state index is 3.79.